The summed E-state index contributed by atoms with van der Waals surface area (Å²) in [4.78, 5) is 6.67. The minimum absolute atomic E-state index is 0.731. The molecule has 6 nitrogen and oxygen atoms in total. The number of pyridine rings is 1. The Morgan fingerprint density at radius 1 is 1.06 bits per heavy atom. The molecule has 4 N–H and O–H groups in total. The van der Waals surface area contributed by atoms with Gasteiger partial charge in [-0.05, 0) is 31.3 Å². The summed E-state index contributed by atoms with van der Waals surface area (Å²) < 4.78 is 0. The van der Waals surface area contributed by atoms with Gasteiger partial charge >= 0.3 is 0 Å². The van der Waals surface area contributed by atoms with E-state index >= 15 is 0 Å². The van der Waals surface area contributed by atoms with Crippen LogP contribution in [0.5, 0.6) is 0 Å². The van der Waals surface area contributed by atoms with Crippen molar-refractivity contribution in [1.29, 1.82) is 0 Å². The Bertz CT molecular complexity index is 1240. The summed E-state index contributed by atoms with van der Waals surface area (Å²) in [7, 11) is 4.12. The van der Waals surface area contributed by atoms with Crippen LogP contribution in [0.4, 0.5) is 11.5 Å². The van der Waals surface area contributed by atoms with Gasteiger partial charge in [0.05, 0.1) is 11.4 Å². The molecule has 6 heteroatoms. The van der Waals surface area contributed by atoms with Crippen LogP contribution in [0.3, 0.4) is 0 Å². The van der Waals surface area contributed by atoms with Gasteiger partial charge in [0.1, 0.15) is 5.82 Å². The first-order valence-electron chi connectivity index (χ1n) is 11.0. The van der Waals surface area contributed by atoms with Gasteiger partial charge in [0.2, 0.25) is 0 Å². The van der Waals surface area contributed by atoms with E-state index < -0.39 is 0 Å². The molecule has 0 fully saturated rings. The van der Waals surface area contributed by atoms with E-state index in [1.807, 2.05) is 6.07 Å². The predicted octanol–water partition coefficient (Wildman–Crippen LogP) is 4.19. The summed E-state index contributed by atoms with van der Waals surface area (Å²) in [6, 6.07) is 19.0. The summed E-state index contributed by atoms with van der Waals surface area (Å²) in [5.41, 5.74) is 16.5. The number of nitrogen functional groups attached to an aromatic ring is 1. The van der Waals surface area contributed by atoms with Crippen molar-refractivity contribution in [2.75, 3.05) is 38.2 Å². The highest BCUT2D eigenvalue weighted by atomic mass is 15.1. The van der Waals surface area contributed by atoms with Crippen molar-refractivity contribution in [2.45, 2.75) is 12.8 Å². The molecule has 1 aliphatic carbocycles. The number of nitrogens with zero attached hydrogens (tertiary/aromatic N) is 3. The number of hydrogen-bond acceptors (Lipinski definition) is 5. The average Bonchev–Trinajstić information content (AvgIpc) is 3.36. The van der Waals surface area contributed by atoms with Gasteiger partial charge in [-0.15, -0.1) is 0 Å². The lowest BCUT2D eigenvalue weighted by Crippen LogP contribution is -2.21. The van der Waals surface area contributed by atoms with E-state index in [-0.39, 0.29) is 0 Å². The number of aromatic amines is 1. The summed E-state index contributed by atoms with van der Waals surface area (Å²) >= 11 is 0. The van der Waals surface area contributed by atoms with Crippen LogP contribution in [0.1, 0.15) is 22.3 Å². The van der Waals surface area contributed by atoms with Crippen LogP contribution in [0.25, 0.3) is 22.5 Å². The molecule has 5 rings (SSSR count). The van der Waals surface area contributed by atoms with Crippen molar-refractivity contribution in [1.82, 2.24) is 20.1 Å². The fourth-order valence-electron chi connectivity index (χ4n) is 4.34. The van der Waals surface area contributed by atoms with Gasteiger partial charge in [0, 0.05) is 60.1 Å². The standard InChI is InChI=1S/C26H28N6/c1-32(2)14-13-29-26-21(23(27)11-12-28-26)15-17-7-9-18(10-8-17)24-22-16-19-5-3-4-6-20(19)25(22)31-30-24/h3-12H,13-16H2,1-2H3,(H,30,31)(H3,27,28,29). The van der Waals surface area contributed by atoms with Gasteiger partial charge < -0.3 is 16.0 Å². The summed E-state index contributed by atoms with van der Waals surface area (Å²) in [5.74, 6) is 0.860. The zero-order valence-corrected chi connectivity index (χ0v) is 18.5. The molecule has 0 radical (unpaired) electrons. The predicted molar refractivity (Wildman–Crippen MR) is 131 cm³/mol. The van der Waals surface area contributed by atoms with Crippen LogP contribution in [0, 0.1) is 0 Å². The maximum Gasteiger partial charge on any atom is 0.131 e. The van der Waals surface area contributed by atoms with Crippen molar-refractivity contribution in [3.63, 3.8) is 0 Å². The normalized spacial score (nSPS) is 12.1. The molecule has 0 unspecified atom stereocenters. The molecule has 0 bridgehead atoms. The summed E-state index contributed by atoms with van der Waals surface area (Å²) in [6.45, 7) is 1.75. The number of H-pyrrole nitrogens is 1. The van der Waals surface area contributed by atoms with Crippen LogP contribution in [0.15, 0.2) is 60.8 Å². The molecule has 0 atom stereocenters. The second kappa shape index (κ2) is 8.48. The minimum Gasteiger partial charge on any atom is -0.398 e. The number of aromatic nitrogens is 3. The maximum atomic E-state index is 6.31. The number of nitrogens with one attached hydrogen (secondary N) is 2. The monoisotopic (exact) mass is 424 g/mol. The minimum atomic E-state index is 0.731. The third kappa shape index (κ3) is 3.85. The molecule has 4 aromatic rings. The first kappa shape index (κ1) is 20.3. The molecule has 0 saturated heterocycles. The fourth-order valence-corrected chi connectivity index (χ4v) is 4.34. The van der Waals surface area contributed by atoms with Crippen LogP contribution in [0.2, 0.25) is 0 Å². The van der Waals surface area contributed by atoms with Crippen LogP contribution in [-0.2, 0) is 12.8 Å². The Kier molecular flexibility index (Phi) is 5.37. The van der Waals surface area contributed by atoms with E-state index in [1.165, 1.54) is 22.3 Å². The summed E-state index contributed by atoms with van der Waals surface area (Å²) in [5, 5.41) is 11.3. The lowest BCUT2D eigenvalue weighted by molar-refractivity contribution is 0.425. The van der Waals surface area contributed by atoms with E-state index in [0.29, 0.717) is 0 Å². The molecule has 2 aromatic carbocycles. The Morgan fingerprint density at radius 3 is 2.69 bits per heavy atom. The lowest BCUT2D eigenvalue weighted by atomic mass is 10.00. The first-order chi connectivity index (χ1) is 15.6. The molecule has 2 aromatic heterocycles. The molecule has 2 heterocycles. The van der Waals surface area contributed by atoms with Gasteiger partial charge in [-0.2, -0.15) is 5.10 Å². The Labute approximate surface area is 188 Å². The quantitative estimate of drug-likeness (QED) is 0.365. The van der Waals surface area contributed by atoms with Gasteiger partial charge in [-0.3, -0.25) is 5.10 Å². The Morgan fingerprint density at radius 2 is 1.88 bits per heavy atom. The zero-order valence-electron chi connectivity index (χ0n) is 18.5. The number of likely N-dealkylation sites (N-methyl/N-ethyl adjacent to an activating group) is 1. The van der Waals surface area contributed by atoms with E-state index in [0.717, 1.165) is 60.0 Å². The van der Waals surface area contributed by atoms with Crippen LogP contribution < -0.4 is 11.1 Å². The molecular weight excluding hydrogens is 396 g/mol. The van der Waals surface area contributed by atoms with E-state index in [1.54, 1.807) is 6.20 Å². The van der Waals surface area contributed by atoms with Gasteiger partial charge in [0.15, 0.2) is 0 Å². The number of rotatable bonds is 7. The van der Waals surface area contributed by atoms with Crippen LogP contribution >= 0.6 is 0 Å². The highest BCUT2D eigenvalue weighted by molar-refractivity contribution is 5.81. The zero-order chi connectivity index (χ0) is 22.1. The average molecular weight is 425 g/mol. The smallest absolute Gasteiger partial charge is 0.131 e. The molecule has 32 heavy (non-hydrogen) atoms. The third-order valence-electron chi connectivity index (χ3n) is 6.07. The largest absolute Gasteiger partial charge is 0.398 e. The molecule has 0 saturated carbocycles. The van der Waals surface area contributed by atoms with Crippen molar-refractivity contribution in [3.05, 3.63) is 83.0 Å². The highest BCUT2D eigenvalue weighted by Crippen LogP contribution is 2.39. The van der Waals surface area contributed by atoms with Gasteiger partial charge in [-0.25, -0.2) is 4.98 Å². The second-order valence-electron chi connectivity index (χ2n) is 8.59. The van der Waals surface area contributed by atoms with Crippen LogP contribution in [-0.4, -0.2) is 47.3 Å². The second-order valence-corrected chi connectivity index (χ2v) is 8.59. The van der Waals surface area contributed by atoms with Gasteiger partial charge in [-0.1, -0.05) is 48.5 Å². The topological polar surface area (TPSA) is 82.9 Å². The SMILES string of the molecule is CN(C)CCNc1nccc(N)c1Cc1ccc(-c2n[nH]c3c2Cc2ccccc2-3)cc1. The van der Waals surface area contributed by atoms with E-state index in [9.17, 15) is 0 Å². The van der Waals surface area contributed by atoms with Crippen molar-refractivity contribution >= 4 is 11.5 Å². The van der Waals surface area contributed by atoms with Crippen molar-refractivity contribution in [3.8, 4) is 22.5 Å². The Hall–Kier alpha value is -3.64. The van der Waals surface area contributed by atoms with E-state index in [4.69, 9.17) is 5.73 Å². The molecule has 1 aliphatic rings. The molecule has 0 aliphatic heterocycles. The highest BCUT2D eigenvalue weighted by Gasteiger charge is 2.24. The van der Waals surface area contributed by atoms with Crippen molar-refractivity contribution < 1.29 is 0 Å². The van der Waals surface area contributed by atoms with E-state index in [2.05, 4.69) is 88.0 Å². The maximum absolute atomic E-state index is 6.31. The molecule has 162 valence electrons. The third-order valence-corrected chi connectivity index (χ3v) is 6.07. The summed E-state index contributed by atoms with van der Waals surface area (Å²) in [6.07, 6.45) is 3.41. The molecule has 0 spiro atoms. The fraction of sp³-hybridized carbons (Fsp3) is 0.231. The lowest BCUT2D eigenvalue weighted by Gasteiger charge is -2.15. The van der Waals surface area contributed by atoms with Gasteiger partial charge in [0.25, 0.3) is 0 Å². The Balaban J connectivity index is 1.36. The number of benzene rings is 2. The number of fused-ring (bicyclic) bond motifs is 3. The number of anilines is 2. The first-order valence-corrected chi connectivity index (χ1v) is 11.0. The molecule has 0 amide bonds. The molecular formula is C26H28N6. The number of nitrogens with two attached hydrogens (primary N) is 1. The van der Waals surface area contributed by atoms with Crippen molar-refractivity contribution in [2.24, 2.45) is 0 Å². The number of hydrogen-bond donors (Lipinski definition) is 3.